The van der Waals surface area contributed by atoms with E-state index in [9.17, 15) is 13.2 Å². The minimum Gasteiger partial charge on any atom is -0.459 e. The Morgan fingerprint density at radius 1 is 1.20 bits per heavy atom. The second-order valence-electron chi connectivity index (χ2n) is 5.48. The van der Waals surface area contributed by atoms with Crippen LogP contribution in [-0.4, -0.2) is 14.2 Å². The van der Waals surface area contributed by atoms with Crippen molar-refractivity contribution in [1.29, 1.82) is 0 Å². The minimum atomic E-state index is -3.79. The highest BCUT2D eigenvalue weighted by Crippen LogP contribution is 2.35. The average molecular weight is 443 g/mol. The molecular formula is C17H13BrClNO4S. The topological polar surface area (TPSA) is 76.4 Å². The molecule has 3 rings (SSSR count). The lowest BCUT2D eigenvalue weighted by Crippen LogP contribution is -2.12. The summed E-state index contributed by atoms with van der Waals surface area (Å²) in [6, 6.07) is 9.24. The zero-order valence-corrected chi connectivity index (χ0v) is 16.4. The first-order valence-corrected chi connectivity index (χ1v) is 9.86. The van der Waals surface area contributed by atoms with Gasteiger partial charge in [0.25, 0.3) is 10.0 Å². The second kappa shape index (κ2) is 6.48. The molecular weight excluding hydrogens is 430 g/mol. The third-order valence-corrected chi connectivity index (χ3v) is 5.85. The molecule has 0 amide bonds. The number of Topliss-reactive ketones (excluding diaryl/α,β-unsaturated/α-hetero) is 1. The summed E-state index contributed by atoms with van der Waals surface area (Å²) in [5.74, 6) is 0.262. The largest absolute Gasteiger partial charge is 0.459 e. The molecule has 8 heteroatoms. The molecule has 5 nitrogen and oxygen atoms in total. The number of fused-ring (bicyclic) bond motifs is 1. The first-order valence-electron chi connectivity index (χ1n) is 7.21. The van der Waals surface area contributed by atoms with Gasteiger partial charge in [0.05, 0.1) is 21.2 Å². The quantitative estimate of drug-likeness (QED) is 0.566. The Kier molecular flexibility index (Phi) is 4.66. The van der Waals surface area contributed by atoms with E-state index in [1.807, 2.05) is 0 Å². The Morgan fingerprint density at radius 2 is 1.84 bits per heavy atom. The van der Waals surface area contributed by atoms with Crippen LogP contribution in [0.15, 0.2) is 50.2 Å². The van der Waals surface area contributed by atoms with Gasteiger partial charge in [-0.25, -0.2) is 8.42 Å². The Morgan fingerprint density at radius 3 is 2.44 bits per heavy atom. The molecule has 1 N–H and O–H groups in total. The van der Waals surface area contributed by atoms with Crippen LogP contribution in [0, 0.1) is 6.92 Å². The number of sulfonamides is 1. The molecule has 0 saturated carbocycles. The number of aryl methyl sites for hydroxylation is 1. The van der Waals surface area contributed by atoms with Gasteiger partial charge in [-0.05, 0) is 50.2 Å². The van der Waals surface area contributed by atoms with Crippen molar-refractivity contribution in [3.8, 4) is 0 Å². The molecule has 0 aliphatic heterocycles. The predicted molar refractivity (Wildman–Crippen MR) is 101 cm³/mol. The van der Waals surface area contributed by atoms with Gasteiger partial charge in [0, 0.05) is 9.86 Å². The fraction of sp³-hybridized carbons (Fsp3) is 0.118. The molecule has 0 aliphatic carbocycles. The van der Waals surface area contributed by atoms with E-state index < -0.39 is 10.0 Å². The van der Waals surface area contributed by atoms with E-state index in [1.54, 1.807) is 25.1 Å². The summed E-state index contributed by atoms with van der Waals surface area (Å²) in [6.07, 6.45) is 0. The van der Waals surface area contributed by atoms with Crippen LogP contribution in [-0.2, 0) is 10.0 Å². The number of hydrogen-bond acceptors (Lipinski definition) is 4. The molecule has 1 aromatic heterocycles. The number of carbonyl (C=O) groups is 1. The van der Waals surface area contributed by atoms with Crippen molar-refractivity contribution in [2.45, 2.75) is 18.7 Å². The van der Waals surface area contributed by atoms with E-state index in [1.165, 1.54) is 25.1 Å². The van der Waals surface area contributed by atoms with E-state index in [-0.39, 0.29) is 21.4 Å². The van der Waals surface area contributed by atoms with Crippen LogP contribution in [0.3, 0.4) is 0 Å². The summed E-state index contributed by atoms with van der Waals surface area (Å²) in [6.45, 7) is 3.09. The molecule has 25 heavy (non-hydrogen) atoms. The van der Waals surface area contributed by atoms with E-state index in [2.05, 4.69) is 20.7 Å². The lowest BCUT2D eigenvalue weighted by molar-refractivity contribution is 0.101. The SMILES string of the molecule is CC(=O)c1c(C)oc2c(Cl)cc(NS(=O)(=O)c3ccc(Br)cc3)cc12. The van der Waals surface area contributed by atoms with Crippen molar-refractivity contribution >= 4 is 60.0 Å². The number of nitrogens with one attached hydrogen (secondary N) is 1. The van der Waals surface area contributed by atoms with E-state index >= 15 is 0 Å². The first kappa shape index (κ1) is 18.0. The molecule has 0 unspecified atom stereocenters. The smallest absolute Gasteiger partial charge is 0.261 e. The molecule has 2 aromatic carbocycles. The van der Waals surface area contributed by atoms with Gasteiger partial charge in [0.2, 0.25) is 0 Å². The van der Waals surface area contributed by atoms with Gasteiger partial charge in [0.15, 0.2) is 11.4 Å². The maximum Gasteiger partial charge on any atom is 0.261 e. The summed E-state index contributed by atoms with van der Waals surface area (Å²) in [5, 5.41) is 0.701. The molecule has 1 heterocycles. The third kappa shape index (κ3) is 3.44. The van der Waals surface area contributed by atoms with Gasteiger partial charge in [-0.2, -0.15) is 0 Å². The van der Waals surface area contributed by atoms with Crippen LogP contribution in [0.25, 0.3) is 11.0 Å². The Bertz CT molecular complexity index is 1090. The van der Waals surface area contributed by atoms with Crippen molar-refractivity contribution in [2.75, 3.05) is 4.72 Å². The number of hydrogen-bond donors (Lipinski definition) is 1. The predicted octanol–water partition coefficient (Wildman–Crippen LogP) is 5.16. The number of carbonyl (C=O) groups excluding carboxylic acids is 1. The van der Waals surface area contributed by atoms with Gasteiger partial charge < -0.3 is 4.42 Å². The molecule has 0 bridgehead atoms. The van der Waals surface area contributed by atoms with Crippen LogP contribution in [0.2, 0.25) is 5.02 Å². The van der Waals surface area contributed by atoms with Gasteiger partial charge in [-0.3, -0.25) is 9.52 Å². The Hall–Kier alpha value is -1.83. The Labute approximate surface area is 158 Å². The number of anilines is 1. The summed E-state index contributed by atoms with van der Waals surface area (Å²) < 4.78 is 33.8. The van der Waals surface area contributed by atoms with Gasteiger partial charge in [-0.15, -0.1) is 0 Å². The standard InChI is InChI=1S/C17H13BrClNO4S/c1-9(21)16-10(2)24-17-14(16)7-12(8-15(17)19)20-25(22,23)13-5-3-11(18)4-6-13/h3-8,20H,1-2H3. The highest BCUT2D eigenvalue weighted by molar-refractivity contribution is 9.10. The minimum absolute atomic E-state index is 0.113. The zero-order valence-electron chi connectivity index (χ0n) is 13.3. The first-order chi connectivity index (χ1) is 11.7. The average Bonchev–Trinajstić information content (AvgIpc) is 2.84. The Balaban J connectivity index is 2.09. The maximum atomic E-state index is 12.5. The summed E-state index contributed by atoms with van der Waals surface area (Å²) >= 11 is 9.47. The van der Waals surface area contributed by atoms with Crippen LogP contribution in [0.5, 0.6) is 0 Å². The van der Waals surface area contributed by atoms with Crippen molar-refractivity contribution in [2.24, 2.45) is 0 Å². The van der Waals surface area contributed by atoms with Crippen LogP contribution < -0.4 is 4.72 Å². The second-order valence-corrected chi connectivity index (χ2v) is 8.49. The molecule has 0 radical (unpaired) electrons. The lowest BCUT2D eigenvalue weighted by atomic mass is 10.1. The molecule has 130 valence electrons. The third-order valence-electron chi connectivity index (χ3n) is 3.65. The summed E-state index contributed by atoms with van der Waals surface area (Å²) in [4.78, 5) is 12.0. The van der Waals surface area contributed by atoms with Crippen LogP contribution >= 0.6 is 27.5 Å². The number of halogens is 2. The molecule has 3 aromatic rings. The van der Waals surface area contributed by atoms with Crippen LogP contribution in [0.1, 0.15) is 23.0 Å². The molecule has 0 spiro atoms. The molecule has 0 atom stereocenters. The number of rotatable bonds is 4. The lowest BCUT2D eigenvalue weighted by Gasteiger charge is -2.09. The van der Waals surface area contributed by atoms with Gasteiger partial charge >= 0.3 is 0 Å². The number of benzene rings is 2. The van der Waals surface area contributed by atoms with Crippen molar-refractivity contribution in [3.63, 3.8) is 0 Å². The normalized spacial score (nSPS) is 11.7. The summed E-state index contributed by atoms with van der Waals surface area (Å²) in [5.41, 5.74) is 1.00. The maximum absolute atomic E-state index is 12.5. The van der Waals surface area contributed by atoms with Crippen molar-refractivity contribution in [3.05, 3.63) is 57.2 Å². The van der Waals surface area contributed by atoms with Crippen LogP contribution in [0.4, 0.5) is 5.69 Å². The fourth-order valence-corrected chi connectivity index (χ4v) is 4.16. The van der Waals surface area contributed by atoms with Gasteiger partial charge in [0.1, 0.15) is 5.76 Å². The van der Waals surface area contributed by atoms with E-state index in [4.69, 9.17) is 16.0 Å². The number of ketones is 1. The van der Waals surface area contributed by atoms with Gasteiger partial charge in [-0.1, -0.05) is 27.5 Å². The van der Waals surface area contributed by atoms with E-state index in [0.717, 1.165) is 4.47 Å². The van der Waals surface area contributed by atoms with E-state index in [0.29, 0.717) is 22.3 Å². The summed E-state index contributed by atoms with van der Waals surface area (Å²) in [7, 11) is -3.79. The fourth-order valence-electron chi connectivity index (χ4n) is 2.60. The van der Waals surface area contributed by atoms with Crippen molar-refractivity contribution < 1.29 is 17.6 Å². The number of furan rings is 1. The highest BCUT2D eigenvalue weighted by atomic mass is 79.9. The highest BCUT2D eigenvalue weighted by Gasteiger charge is 2.20. The monoisotopic (exact) mass is 441 g/mol. The van der Waals surface area contributed by atoms with Crippen molar-refractivity contribution in [1.82, 2.24) is 0 Å². The molecule has 0 aliphatic rings. The molecule has 0 fully saturated rings. The zero-order chi connectivity index (χ0) is 18.4. The molecule has 0 saturated heterocycles.